The van der Waals surface area contributed by atoms with E-state index in [4.69, 9.17) is 9.47 Å². The topological polar surface area (TPSA) is 64.8 Å². The highest BCUT2D eigenvalue weighted by Crippen LogP contribution is 2.20. The maximum Gasteiger partial charge on any atom is 0.187 e. The van der Waals surface area contributed by atoms with Gasteiger partial charge in [-0.3, -0.25) is 4.57 Å². The van der Waals surface area contributed by atoms with Gasteiger partial charge in [-0.25, -0.2) is 9.97 Å². The standard InChI is InChI=1S/C19H21N5O2/c1-23(2)22-19(24-12-11-20-14-24)18-17(5-4-10-21-18)26-13-15-6-8-16(25-3)9-7-15/h4-12,14H,13H2,1-3H3. The van der Waals surface area contributed by atoms with E-state index in [1.807, 2.05) is 61.3 Å². The highest BCUT2D eigenvalue weighted by Gasteiger charge is 2.15. The fraction of sp³-hybridized carbons (Fsp3) is 0.211. The predicted octanol–water partition coefficient (Wildman–Crippen LogP) is 2.64. The largest absolute Gasteiger partial charge is 0.497 e. The molecule has 0 aliphatic heterocycles. The molecule has 0 atom stereocenters. The van der Waals surface area contributed by atoms with Gasteiger partial charge in [0.25, 0.3) is 0 Å². The number of aromatic nitrogens is 3. The van der Waals surface area contributed by atoms with Crippen molar-refractivity contribution >= 4 is 5.84 Å². The van der Waals surface area contributed by atoms with Gasteiger partial charge in [0.15, 0.2) is 5.84 Å². The van der Waals surface area contributed by atoms with E-state index in [9.17, 15) is 0 Å². The van der Waals surface area contributed by atoms with Crippen molar-refractivity contribution in [2.45, 2.75) is 6.61 Å². The summed E-state index contributed by atoms with van der Waals surface area (Å²) in [6.45, 7) is 0.419. The lowest BCUT2D eigenvalue weighted by Gasteiger charge is -2.15. The van der Waals surface area contributed by atoms with Gasteiger partial charge in [0.1, 0.15) is 30.1 Å². The summed E-state index contributed by atoms with van der Waals surface area (Å²) in [7, 11) is 5.37. The van der Waals surface area contributed by atoms with Gasteiger partial charge in [0, 0.05) is 32.7 Å². The van der Waals surface area contributed by atoms with Crippen LogP contribution in [0.1, 0.15) is 11.3 Å². The van der Waals surface area contributed by atoms with E-state index in [0.717, 1.165) is 11.3 Å². The second-order valence-corrected chi connectivity index (χ2v) is 5.73. The maximum atomic E-state index is 6.02. The molecule has 0 radical (unpaired) electrons. The van der Waals surface area contributed by atoms with E-state index in [0.29, 0.717) is 23.9 Å². The number of pyridine rings is 1. The fourth-order valence-corrected chi connectivity index (χ4v) is 2.35. The average molecular weight is 351 g/mol. The van der Waals surface area contributed by atoms with Crippen LogP contribution in [0.4, 0.5) is 0 Å². The maximum absolute atomic E-state index is 6.02. The van der Waals surface area contributed by atoms with Crippen LogP contribution < -0.4 is 9.47 Å². The highest BCUT2D eigenvalue weighted by molar-refractivity contribution is 6.00. The molecule has 0 saturated carbocycles. The number of hydrogen-bond donors (Lipinski definition) is 0. The second-order valence-electron chi connectivity index (χ2n) is 5.73. The van der Waals surface area contributed by atoms with Gasteiger partial charge in [0.05, 0.1) is 7.11 Å². The summed E-state index contributed by atoms with van der Waals surface area (Å²) in [4.78, 5) is 8.58. The normalized spacial score (nSPS) is 11.3. The molecular weight excluding hydrogens is 330 g/mol. The Morgan fingerprint density at radius 1 is 1.15 bits per heavy atom. The van der Waals surface area contributed by atoms with Crippen molar-refractivity contribution in [2.24, 2.45) is 5.10 Å². The lowest BCUT2D eigenvalue weighted by atomic mass is 10.2. The predicted molar refractivity (Wildman–Crippen MR) is 99.4 cm³/mol. The Morgan fingerprint density at radius 3 is 2.62 bits per heavy atom. The summed E-state index contributed by atoms with van der Waals surface area (Å²) in [6, 6.07) is 11.5. The van der Waals surface area contributed by atoms with E-state index in [2.05, 4.69) is 15.1 Å². The first-order chi connectivity index (χ1) is 12.7. The lowest BCUT2D eigenvalue weighted by molar-refractivity contribution is 0.303. The minimum atomic E-state index is 0.419. The molecule has 3 rings (SSSR count). The number of hydrazone groups is 1. The molecule has 0 aliphatic carbocycles. The van der Waals surface area contributed by atoms with Crippen LogP contribution in [0.25, 0.3) is 0 Å². The molecule has 26 heavy (non-hydrogen) atoms. The first-order valence-corrected chi connectivity index (χ1v) is 8.13. The Labute approximate surface area is 152 Å². The first-order valence-electron chi connectivity index (χ1n) is 8.13. The molecule has 7 heteroatoms. The lowest BCUT2D eigenvalue weighted by Crippen LogP contribution is -2.19. The van der Waals surface area contributed by atoms with E-state index in [1.54, 1.807) is 30.8 Å². The average Bonchev–Trinajstić information content (AvgIpc) is 3.19. The van der Waals surface area contributed by atoms with E-state index < -0.39 is 0 Å². The zero-order chi connectivity index (χ0) is 18.4. The summed E-state index contributed by atoms with van der Waals surface area (Å²) >= 11 is 0. The molecule has 0 N–H and O–H groups in total. The van der Waals surface area contributed by atoms with Crippen LogP contribution in [0, 0.1) is 0 Å². The van der Waals surface area contributed by atoms with Gasteiger partial charge in [-0.15, -0.1) is 0 Å². The molecule has 0 unspecified atom stereocenters. The van der Waals surface area contributed by atoms with E-state index in [-0.39, 0.29) is 0 Å². The number of hydrogen-bond acceptors (Lipinski definition) is 6. The van der Waals surface area contributed by atoms with E-state index >= 15 is 0 Å². The Bertz CT molecular complexity index is 858. The summed E-state index contributed by atoms with van der Waals surface area (Å²) < 4.78 is 13.0. The molecular formula is C19H21N5O2. The van der Waals surface area contributed by atoms with Crippen LogP contribution in [0.2, 0.25) is 0 Å². The molecule has 134 valence electrons. The van der Waals surface area contributed by atoms with Crippen LogP contribution in [0.5, 0.6) is 11.5 Å². The van der Waals surface area contributed by atoms with Gasteiger partial charge >= 0.3 is 0 Å². The van der Waals surface area contributed by atoms with Crippen LogP contribution >= 0.6 is 0 Å². The molecule has 3 aromatic rings. The van der Waals surface area contributed by atoms with Gasteiger partial charge < -0.3 is 14.5 Å². The van der Waals surface area contributed by atoms with Crippen molar-refractivity contribution < 1.29 is 9.47 Å². The molecule has 0 amide bonds. The molecule has 0 bridgehead atoms. The van der Waals surface area contributed by atoms with Gasteiger partial charge in [-0.05, 0) is 29.8 Å². The number of methoxy groups -OCH3 is 1. The van der Waals surface area contributed by atoms with Gasteiger partial charge in [0.2, 0.25) is 0 Å². The second kappa shape index (κ2) is 8.15. The van der Waals surface area contributed by atoms with Crippen LogP contribution in [0.3, 0.4) is 0 Å². The van der Waals surface area contributed by atoms with Crippen molar-refractivity contribution in [1.82, 2.24) is 19.5 Å². The molecule has 2 heterocycles. The van der Waals surface area contributed by atoms with Gasteiger partial charge in [-0.1, -0.05) is 12.1 Å². The fourth-order valence-electron chi connectivity index (χ4n) is 2.35. The minimum Gasteiger partial charge on any atom is -0.497 e. The van der Waals surface area contributed by atoms with Crippen molar-refractivity contribution in [1.29, 1.82) is 0 Å². The summed E-state index contributed by atoms with van der Waals surface area (Å²) in [5, 5.41) is 6.26. The van der Waals surface area contributed by atoms with Gasteiger partial charge in [-0.2, -0.15) is 5.10 Å². The van der Waals surface area contributed by atoms with Crippen molar-refractivity contribution in [3.05, 3.63) is 72.6 Å². The van der Waals surface area contributed by atoms with Crippen LogP contribution in [-0.4, -0.2) is 46.6 Å². The molecule has 1 aromatic carbocycles. The number of rotatable bonds is 6. The number of nitrogens with zero attached hydrogens (tertiary/aromatic N) is 5. The first kappa shape index (κ1) is 17.5. The van der Waals surface area contributed by atoms with Crippen LogP contribution in [0.15, 0.2) is 66.4 Å². The molecule has 7 nitrogen and oxygen atoms in total. The highest BCUT2D eigenvalue weighted by atomic mass is 16.5. The number of benzene rings is 1. The Kier molecular flexibility index (Phi) is 5.48. The Hall–Kier alpha value is -3.35. The summed E-state index contributed by atoms with van der Waals surface area (Å²) in [5.74, 6) is 2.10. The molecule has 2 aromatic heterocycles. The van der Waals surface area contributed by atoms with Crippen molar-refractivity contribution in [3.63, 3.8) is 0 Å². The molecule has 0 fully saturated rings. The zero-order valence-electron chi connectivity index (χ0n) is 15.0. The molecule has 0 saturated heterocycles. The third-order valence-corrected chi connectivity index (χ3v) is 3.58. The summed E-state index contributed by atoms with van der Waals surface area (Å²) in [5.41, 5.74) is 1.68. The molecule has 0 aliphatic rings. The third kappa shape index (κ3) is 4.18. The quantitative estimate of drug-likeness (QED) is 0.388. The smallest absolute Gasteiger partial charge is 0.187 e. The third-order valence-electron chi connectivity index (χ3n) is 3.58. The van der Waals surface area contributed by atoms with E-state index in [1.165, 1.54) is 0 Å². The molecule has 0 spiro atoms. The number of ether oxygens (including phenoxy) is 2. The van der Waals surface area contributed by atoms with Crippen molar-refractivity contribution in [3.8, 4) is 11.5 Å². The number of imidazole rings is 1. The Morgan fingerprint density at radius 2 is 1.96 bits per heavy atom. The monoisotopic (exact) mass is 351 g/mol. The SMILES string of the molecule is COc1ccc(COc2cccnc2C(=NN(C)C)n2ccnc2)cc1. The Balaban J connectivity index is 1.86. The minimum absolute atomic E-state index is 0.419. The van der Waals surface area contributed by atoms with Crippen LogP contribution in [-0.2, 0) is 6.61 Å². The van der Waals surface area contributed by atoms with Crippen molar-refractivity contribution in [2.75, 3.05) is 21.2 Å². The zero-order valence-corrected chi connectivity index (χ0v) is 15.0. The summed E-state index contributed by atoms with van der Waals surface area (Å²) in [6.07, 6.45) is 6.93.